The molecule has 166 valence electrons. The molecule has 10 heteroatoms. The van der Waals surface area contributed by atoms with Gasteiger partial charge in [-0.25, -0.2) is 4.39 Å². The second-order valence-electron chi connectivity index (χ2n) is 7.96. The van der Waals surface area contributed by atoms with Gasteiger partial charge in [0, 0.05) is 19.0 Å². The van der Waals surface area contributed by atoms with E-state index in [0.717, 1.165) is 30.8 Å². The Morgan fingerprint density at radius 3 is 2.34 bits per heavy atom. The summed E-state index contributed by atoms with van der Waals surface area (Å²) in [5.74, 6) is 0.573. The first-order chi connectivity index (χ1) is 15.3. The lowest BCUT2D eigenvalue weighted by atomic mass is 10.00. The molecule has 1 aliphatic carbocycles. The van der Waals surface area contributed by atoms with Gasteiger partial charge in [0.1, 0.15) is 17.7 Å². The molecule has 1 amide bonds. The van der Waals surface area contributed by atoms with E-state index in [1.165, 1.54) is 35.2 Å². The van der Waals surface area contributed by atoms with E-state index in [9.17, 15) is 22.4 Å². The first-order valence-electron chi connectivity index (χ1n) is 10.1. The number of amides is 1. The number of hydrogen-bond acceptors (Lipinski definition) is 3. The Morgan fingerprint density at radius 2 is 1.69 bits per heavy atom. The third-order valence-corrected chi connectivity index (χ3v) is 6.26. The fourth-order valence-electron chi connectivity index (χ4n) is 4.14. The summed E-state index contributed by atoms with van der Waals surface area (Å²) in [6.45, 7) is 0.631. The summed E-state index contributed by atoms with van der Waals surface area (Å²) >= 11 is 6.03. The second-order valence-corrected chi connectivity index (χ2v) is 8.34. The van der Waals surface area contributed by atoms with Crippen molar-refractivity contribution in [3.63, 3.8) is 0 Å². The third-order valence-electron chi connectivity index (χ3n) is 5.85. The van der Waals surface area contributed by atoms with Crippen molar-refractivity contribution < 1.29 is 22.4 Å². The zero-order chi connectivity index (χ0) is 22.6. The molecular weight excluding hydrogens is 448 g/mol. The molecule has 1 atom stereocenters. The molecule has 1 saturated carbocycles. The van der Waals surface area contributed by atoms with Crippen molar-refractivity contribution in [1.82, 2.24) is 19.7 Å². The molecule has 5 nitrogen and oxygen atoms in total. The number of carbonyl (C=O) groups is 1. The van der Waals surface area contributed by atoms with Crippen LogP contribution in [-0.4, -0.2) is 32.1 Å². The molecule has 0 saturated heterocycles. The lowest BCUT2D eigenvalue weighted by Crippen LogP contribution is -2.43. The summed E-state index contributed by atoms with van der Waals surface area (Å²) in [5, 5.41) is 7.98. The van der Waals surface area contributed by atoms with Crippen LogP contribution in [0.25, 0.3) is 0 Å². The largest absolute Gasteiger partial charge is 0.417 e. The lowest BCUT2D eigenvalue weighted by molar-refractivity contribution is -0.137. The first kappa shape index (κ1) is 20.9. The Labute approximate surface area is 185 Å². The topological polar surface area (TPSA) is 51.0 Å². The van der Waals surface area contributed by atoms with E-state index < -0.39 is 34.5 Å². The molecule has 0 radical (unpaired) electrons. The van der Waals surface area contributed by atoms with Crippen molar-refractivity contribution in [2.24, 2.45) is 0 Å². The highest BCUT2D eigenvalue weighted by molar-refractivity contribution is 6.34. The van der Waals surface area contributed by atoms with E-state index in [0.29, 0.717) is 23.9 Å². The number of fused-ring (bicyclic) bond motifs is 1. The molecule has 3 aromatic rings. The van der Waals surface area contributed by atoms with Gasteiger partial charge in [0.2, 0.25) is 0 Å². The fraction of sp³-hybridized carbons (Fsp3) is 0.318. The van der Waals surface area contributed by atoms with E-state index in [2.05, 4.69) is 10.2 Å². The Balaban J connectivity index is 1.59. The third kappa shape index (κ3) is 3.54. The van der Waals surface area contributed by atoms with Crippen LogP contribution in [0.4, 0.5) is 17.6 Å². The van der Waals surface area contributed by atoms with Gasteiger partial charge in [0.05, 0.1) is 16.1 Å². The van der Waals surface area contributed by atoms with E-state index in [4.69, 9.17) is 11.6 Å². The van der Waals surface area contributed by atoms with Crippen LogP contribution in [0.5, 0.6) is 0 Å². The number of aromatic nitrogens is 3. The van der Waals surface area contributed by atoms with Gasteiger partial charge in [0.15, 0.2) is 5.82 Å². The molecule has 2 aliphatic rings. The maximum Gasteiger partial charge on any atom is 0.417 e. The smallest absolute Gasteiger partial charge is 0.322 e. The first-order valence-corrected chi connectivity index (χ1v) is 10.5. The number of benzene rings is 2. The summed E-state index contributed by atoms with van der Waals surface area (Å²) < 4.78 is 55.5. The van der Waals surface area contributed by atoms with Crippen molar-refractivity contribution in [3.05, 3.63) is 81.6 Å². The van der Waals surface area contributed by atoms with Crippen LogP contribution in [0, 0.1) is 5.82 Å². The summed E-state index contributed by atoms with van der Waals surface area (Å²) in [6.07, 6.45) is -2.66. The molecule has 0 N–H and O–H groups in total. The van der Waals surface area contributed by atoms with Gasteiger partial charge in [0.25, 0.3) is 5.91 Å². The Kier molecular flexibility index (Phi) is 4.96. The summed E-state index contributed by atoms with van der Waals surface area (Å²) in [6, 6.07) is 8.15. The van der Waals surface area contributed by atoms with Crippen molar-refractivity contribution in [2.45, 2.75) is 37.5 Å². The summed E-state index contributed by atoms with van der Waals surface area (Å²) in [7, 11) is 0. The lowest BCUT2D eigenvalue weighted by Gasteiger charge is -2.36. The molecule has 1 aliphatic heterocycles. The molecule has 0 spiro atoms. The number of carbonyl (C=O) groups excluding carboxylic acids is 1. The van der Waals surface area contributed by atoms with Crippen LogP contribution in [0.2, 0.25) is 5.02 Å². The Hall–Kier alpha value is -2.94. The van der Waals surface area contributed by atoms with Crippen LogP contribution in [0.15, 0.2) is 42.5 Å². The maximum absolute atomic E-state index is 13.6. The van der Waals surface area contributed by atoms with E-state index >= 15 is 0 Å². The van der Waals surface area contributed by atoms with Gasteiger partial charge in [-0.2, -0.15) is 13.2 Å². The highest BCUT2D eigenvalue weighted by Gasteiger charge is 2.41. The standard InChI is InChI=1S/C22H17ClF4N4O/c23-17-15(2-1-3-16(17)22(25,26)27)21(32)30-10-11-31-19(13-4-5-13)28-29-20(31)18(30)12-6-8-14(24)9-7-12/h1-3,6-9,13,18H,4-5,10-11H2/t18-/m0/s1. The van der Waals surface area contributed by atoms with Crippen molar-refractivity contribution >= 4 is 17.5 Å². The van der Waals surface area contributed by atoms with Gasteiger partial charge in [-0.1, -0.05) is 29.8 Å². The Morgan fingerprint density at radius 1 is 1.00 bits per heavy atom. The predicted molar refractivity (Wildman–Crippen MR) is 108 cm³/mol. The normalized spacial score (nSPS) is 18.5. The number of halogens is 5. The van der Waals surface area contributed by atoms with E-state index in [1.54, 1.807) is 0 Å². The van der Waals surface area contributed by atoms with Crippen molar-refractivity contribution in [2.75, 3.05) is 6.54 Å². The highest BCUT2D eigenvalue weighted by atomic mass is 35.5. The van der Waals surface area contributed by atoms with Crippen LogP contribution >= 0.6 is 11.6 Å². The van der Waals surface area contributed by atoms with Gasteiger partial charge in [-0.15, -0.1) is 10.2 Å². The average Bonchev–Trinajstić information content (AvgIpc) is 3.51. The zero-order valence-corrected chi connectivity index (χ0v) is 17.4. The number of alkyl halides is 3. The number of nitrogens with zero attached hydrogens (tertiary/aromatic N) is 4. The fourth-order valence-corrected chi connectivity index (χ4v) is 4.46. The van der Waals surface area contributed by atoms with Crippen molar-refractivity contribution in [3.8, 4) is 0 Å². The highest BCUT2D eigenvalue weighted by Crippen LogP contribution is 2.42. The maximum atomic E-state index is 13.6. The molecular formula is C22H17ClF4N4O. The number of hydrogen-bond donors (Lipinski definition) is 0. The van der Waals surface area contributed by atoms with Gasteiger partial charge in [-0.05, 0) is 42.7 Å². The minimum atomic E-state index is -4.69. The molecule has 0 unspecified atom stereocenters. The van der Waals surface area contributed by atoms with Crippen LogP contribution in [0.3, 0.4) is 0 Å². The van der Waals surface area contributed by atoms with Crippen LogP contribution in [0.1, 0.15) is 57.9 Å². The van der Waals surface area contributed by atoms with Crippen LogP contribution < -0.4 is 0 Å². The number of rotatable bonds is 3. The minimum Gasteiger partial charge on any atom is -0.322 e. The molecule has 2 heterocycles. The van der Waals surface area contributed by atoms with Gasteiger partial charge in [-0.3, -0.25) is 4.79 Å². The molecule has 2 aromatic carbocycles. The molecule has 32 heavy (non-hydrogen) atoms. The second kappa shape index (κ2) is 7.58. The van der Waals surface area contributed by atoms with Crippen molar-refractivity contribution in [1.29, 1.82) is 0 Å². The molecule has 0 bridgehead atoms. The molecule has 1 aromatic heterocycles. The summed E-state index contributed by atoms with van der Waals surface area (Å²) in [5.41, 5.74) is -0.734. The zero-order valence-electron chi connectivity index (χ0n) is 16.6. The van der Waals surface area contributed by atoms with Gasteiger partial charge < -0.3 is 9.47 Å². The average molecular weight is 465 g/mol. The summed E-state index contributed by atoms with van der Waals surface area (Å²) in [4.78, 5) is 14.9. The van der Waals surface area contributed by atoms with E-state index in [1.807, 2.05) is 4.57 Å². The minimum absolute atomic E-state index is 0.220. The SMILES string of the molecule is O=C(c1cccc(C(F)(F)F)c1Cl)N1CCn2c(C3CC3)nnc2[C@@H]1c1ccc(F)cc1. The quantitative estimate of drug-likeness (QED) is 0.500. The van der Waals surface area contributed by atoms with E-state index in [-0.39, 0.29) is 12.1 Å². The predicted octanol–water partition coefficient (Wildman–Crippen LogP) is 5.21. The van der Waals surface area contributed by atoms with Crippen LogP contribution in [-0.2, 0) is 12.7 Å². The molecule has 1 fully saturated rings. The van der Waals surface area contributed by atoms with Gasteiger partial charge >= 0.3 is 6.18 Å². The Bertz CT molecular complexity index is 1190. The monoisotopic (exact) mass is 464 g/mol. The molecule has 5 rings (SSSR count).